The van der Waals surface area contributed by atoms with E-state index in [1.807, 2.05) is 39.0 Å². The topological polar surface area (TPSA) is 67.2 Å². The molecule has 0 bridgehead atoms. The smallest absolute Gasteiger partial charge is 0.221 e. The molecule has 2 aromatic rings. The third kappa shape index (κ3) is 3.17. The second-order valence-electron chi connectivity index (χ2n) is 4.89. The first kappa shape index (κ1) is 14.1. The quantitative estimate of drug-likeness (QED) is 0.898. The Morgan fingerprint density at radius 2 is 2.00 bits per heavy atom. The molecule has 0 saturated heterocycles. The van der Waals surface area contributed by atoms with E-state index in [2.05, 4.69) is 15.8 Å². The van der Waals surface area contributed by atoms with Crippen LogP contribution >= 0.6 is 0 Å². The van der Waals surface area contributed by atoms with Crippen LogP contribution in [0.15, 0.2) is 22.7 Å². The maximum Gasteiger partial charge on any atom is 0.221 e. The van der Waals surface area contributed by atoms with Gasteiger partial charge in [0.1, 0.15) is 5.76 Å². The molecule has 5 heteroatoms. The van der Waals surface area contributed by atoms with Crippen LogP contribution < -0.4 is 10.6 Å². The van der Waals surface area contributed by atoms with Crippen LogP contribution in [0.5, 0.6) is 0 Å². The number of aryl methyl sites for hydroxylation is 3. The van der Waals surface area contributed by atoms with Crippen LogP contribution in [0.3, 0.4) is 0 Å². The molecular formula is C15H19N3O2. The summed E-state index contributed by atoms with van der Waals surface area (Å²) >= 11 is 0. The zero-order valence-electron chi connectivity index (χ0n) is 12.2. The lowest BCUT2D eigenvalue weighted by Gasteiger charge is -2.13. The standard InChI is InChI=1S/C15H19N3O2/c1-9-5-6-14(17-12(4)19)15(7-9)16-8-13-10(2)18-20-11(13)3/h5-7,16H,8H2,1-4H3,(H,17,19). The summed E-state index contributed by atoms with van der Waals surface area (Å²) in [7, 11) is 0. The van der Waals surface area contributed by atoms with E-state index < -0.39 is 0 Å². The molecule has 0 aliphatic rings. The van der Waals surface area contributed by atoms with Gasteiger partial charge in [-0.2, -0.15) is 0 Å². The minimum Gasteiger partial charge on any atom is -0.379 e. The molecule has 106 valence electrons. The highest BCUT2D eigenvalue weighted by Gasteiger charge is 2.10. The number of amides is 1. The van der Waals surface area contributed by atoms with Gasteiger partial charge >= 0.3 is 0 Å². The molecule has 0 saturated carbocycles. The number of hydrogen-bond donors (Lipinski definition) is 2. The highest BCUT2D eigenvalue weighted by molar-refractivity contribution is 5.92. The number of anilines is 2. The summed E-state index contributed by atoms with van der Waals surface area (Å²) in [6, 6.07) is 5.86. The molecule has 2 rings (SSSR count). The fourth-order valence-electron chi connectivity index (χ4n) is 2.04. The molecule has 5 nitrogen and oxygen atoms in total. The molecular weight excluding hydrogens is 254 g/mol. The predicted octanol–water partition coefficient (Wildman–Crippen LogP) is 3.17. The molecule has 0 atom stereocenters. The van der Waals surface area contributed by atoms with Crippen LogP contribution in [0.25, 0.3) is 0 Å². The second-order valence-corrected chi connectivity index (χ2v) is 4.89. The Labute approximate surface area is 118 Å². The van der Waals surface area contributed by atoms with Gasteiger partial charge in [0.15, 0.2) is 0 Å². The fourth-order valence-corrected chi connectivity index (χ4v) is 2.04. The van der Waals surface area contributed by atoms with Crippen LogP contribution in [-0.2, 0) is 11.3 Å². The van der Waals surface area contributed by atoms with Crippen molar-refractivity contribution in [2.24, 2.45) is 0 Å². The summed E-state index contributed by atoms with van der Waals surface area (Å²) in [5, 5.41) is 10.1. The molecule has 0 spiro atoms. The number of aromatic nitrogens is 1. The van der Waals surface area contributed by atoms with Gasteiger partial charge in [0.05, 0.1) is 17.1 Å². The van der Waals surface area contributed by atoms with Gasteiger partial charge in [-0.15, -0.1) is 0 Å². The van der Waals surface area contributed by atoms with Crippen LogP contribution in [0.2, 0.25) is 0 Å². The van der Waals surface area contributed by atoms with Crippen molar-refractivity contribution in [3.05, 3.63) is 40.8 Å². The van der Waals surface area contributed by atoms with Gasteiger partial charge in [0.25, 0.3) is 0 Å². The van der Waals surface area contributed by atoms with Crippen molar-refractivity contribution in [2.75, 3.05) is 10.6 Å². The molecule has 0 aliphatic heterocycles. The van der Waals surface area contributed by atoms with E-state index in [9.17, 15) is 4.79 Å². The van der Waals surface area contributed by atoms with E-state index in [4.69, 9.17) is 4.52 Å². The largest absolute Gasteiger partial charge is 0.379 e. The Hall–Kier alpha value is -2.30. The van der Waals surface area contributed by atoms with Crippen molar-refractivity contribution in [1.82, 2.24) is 5.16 Å². The fraction of sp³-hybridized carbons (Fsp3) is 0.333. The molecule has 1 amide bonds. The Kier molecular flexibility index (Phi) is 4.08. The number of benzene rings is 1. The first-order chi connectivity index (χ1) is 9.47. The first-order valence-corrected chi connectivity index (χ1v) is 6.51. The third-order valence-electron chi connectivity index (χ3n) is 3.12. The summed E-state index contributed by atoms with van der Waals surface area (Å²) in [5.41, 5.74) is 4.71. The third-order valence-corrected chi connectivity index (χ3v) is 3.12. The van der Waals surface area contributed by atoms with E-state index in [1.165, 1.54) is 6.92 Å². The summed E-state index contributed by atoms with van der Waals surface area (Å²) in [4.78, 5) is 11.2. The average Bonchev–Trinajstić information content (AvgIpc) is 2.69. The van der Waals surface area contributed by atoms with E-state index in [0.717, 1.165) is 34.0 Å². The summed E-state index contributed by atoms with van der Waals surface area (Å²) in [6.45, 7) is 7.92. The number of nitrogens with zero attached hydrogens (tertiary/aromatic N) is 1. The van der Waals surface area contributed by atoms with Gasteiger partial charge in [-0.25, -0.2) is 0 Å². The summed E-state index contributed by atoms with van der Waals surface area (Å²) < 4.78 is 5.14. The van der Waals surface area contributed by atoms with Crippen molar-refractivity contribution in [2.45, 2.75) is 34.2 Å². The number of nitrogens with one attached hydrogen (secondary N) is 2. The molecule has 0 aliphatic carbocycles. The van der Waals surface area contributed by atoms with Gasteiger partial charge in [-0.1, -0.05) is 11.2 Å². The van der Waals surface area contributed by atoms with Crippen molar-refractivity contribution < 1.29 is 9.32 Å². The monoisotopic (exact) mass is 273 g/mol. The molecule has 1 heterocycles. The van der Waals surface area contributed by atoms with Crippen molar-refractivity contribution in [1.29, 1.82) is 0 Å². The lowest BCUT2D eigenvalue weighted by atomic mass is 10.1. The van der Waals surface area contributed by atoms with Crippen molar-refractivity contribution in [3.63, 3.8) is 0 Å². The normalized spacial score (nSPS) is 10.4. The molecule has 0 fully saturated rings. The maximum absolute atomic E-state index is 11.2. The number of carbonyl (C=O) groups is 1. The van der Waals surface area contributed by atoms with E-state index in [-0.39, 0.29) is 5.91 Å². The van der Waals surface area contributed by atoms with Crippen molar-refractivity contribution >= 4 is 17.3 Å². The highest BCUT2D eigenvalue weighted by Crippen LogP contribution is 2.24. The lowest BCUT2D eigenvalue weighted by Crippen LogP contribution is -2.10. The second kappa shape index (κ2) is 5.77. The van der Waals surface area contributed by atoms with Crippen LogP contribution in [0.4, 0.5) is 11.4 Å². The molecule has 0 unspecified atom stereocenters. The summed E-state index contributed by atoms with van der Waals surface area (Å²) in [6.07, 6.45) is 0. The maximum atomic E-state index is 11.2. The Morgan fingerprint density at radius 1 is 1.25 bits per heavy atom. The molecule has 1 aromatic heterocycles. The Bertz CT molecular complexity index is 613. The molecule has 1 aromatic carbocycles. The SMILES string of the molecule is CC(=O)Nc1ccc(C)cc1NCc1c(C)noc1C. The first-order valence-electron chi connectivity index (χ1n) is 6.51. The van der Waals surface area contributed by atoms with E-state index in [1.54, 1.807) is 0 Å². The zero-order chi connectivity index (χ0) is 14.7. The molecule has 20 heavy (non-hydrogen) atoms. The minimum absolute atomic E-state index is 0.0887. The highest BCUT2D eigenvalue weighted by atomic mass is 16.5. The number of carbonyl (C=O) groups excluding carboxylic acids is 1. The zero-order valence-corrected chi connectivity index (χ0v) is 12.2. The van der Waals surface area contributed by atoms with E-state index in [0.29, 0.717) is 6.54 Å². The van der Waals surface area contributed by atoms with Gasteiger partial charge in [0, 0.05) is 19.0 Å². The number of rotatable bonds is 4. The number of hydrogen-bond acceptors (Lipinski definition) is 4. The van der Waals surface area contributed by atoms with E-state index >= 15 is 0 Å². The Balaban J connectivity index is 2.20. The van der Waals surface area contributed by atoms with Crippen LogP contribution in [0.1, 0.15) is 29.5 Å². The molecule has 0 radical (unpaired) electrons. The van der Waals surface area contributed by atoms with Gasteiger partial charge in [-0.05, 0) is 38.5 Å². The van der Waals surface area contributed by atoms with Gasteiger partial charge < -0.3 is 15.2 Å². The van der Waals surface area contributed by atoms with Crippen LogP contribution in [0, 0.1) is 20.8 Å². The van der Waals surface area contributed by atoms with Crippen molar-refractivity contribution in [3.8, 4) is 0 Å². The predicted molar refractivity (Wildman–Crippen MR) is 78.8 cm³/mol. The minimum atomic E-state index is -0.0887. The Morgan fingerprint density at radius 3 is 2.60 bits per heavy atom. The summed E-state index contributed by atoms with van der Waals surface area (Å²) in [5.74, 6) is 0.720. The van der Waals surface area contributed by atoms with Gasteiger partial charge in [-0.3, -0.25) is 4.79 Å². The van der Waals surface area contributed by atoms with Crippen LogP contribution in [-0.4, -0.2) is 11.1 Å². The lowest BCUT2D eigenvalue weighted by molar-refractivity contribution is -0.114. The van der Waals surface area contributed by atoms with Gasteiger partial charge in [0.2, 0.25) is 5.91 Å². The average molecular weight is 273 g/mol. The molecule has 2 N–H and O–H groups in total.